The summed E-state index contributed by atoms with van der Waals surface area (Å²) in [5, 5.41) is 0. The largest absolute Gasteiger partial charge is 0.394 e. The summed E-state index contributed by atoms with van der Waals surface area (Å²) in [4.78, 5) is 1.85. The fraction of sp³-hybridized carbons (Fsp3) is 0.818. The minimum absolute atomic E-state index is 0.0147. The predicted octanol–water partition coefficient (Wildman–Crippen LogP) is 3.13. The summed E-state index contributed by atoms with van der Waals surface area (Å²) < 4.78 is 51.3. The lowest BCUT2D eigenvalue weighted by Crippen LogP contribution is -2.45. The second-order valence-electron chi connectivity index (χ2n) is 4.85. The topological polar surface area (TPSA) is 3.24 Å². The van der Waals surface area contributed by atoms with E-state index in [2.05, 4.69) is 0 Å². The monoisotopic (exact) mass is 237 g/mol. The predicted molar refractivity (Wildman–Crippen MR) is 52.5 cm³/mol. The number of fused-ring (bicyclic) bond motifs is 1. The number of halogens is 4. The van der Waals surface area contributed by atoms with Gasteiger partial charge in [0.2, 0.25) is 0 Å². The zero-order valence-electron chi connectivity index (χ0n) is 9.26. The van der Waals surface area contributed by atoms with E-state index < -0.39 is 18.3 Å². The molecule has 0 amide bonds. The summed E-state index contributed by atoms with van der Waals surface area (Å²) in [6.45, 7) is 1.83. The maximum absolute atomic E-state index is 13.5. The first-order valence-electron chi connectivity index (χ1n) is 5.41. The molecule has 1 fully saturated rings. The average Bonchev–Trinajstić information content (AvgIpc) is 2.39. The first-order valence-corrected chi connectivity index (χ1v) is 5.41. The first kappa shape index (κ1) is 11.7. The van der Waals surface area contributed by atoms with Gasteiger partial charge in [0, 0.05) is 25.4 Å². The van der Waals surface area contributed by atoms with Gasteiger partial charge in [0.1, 0.15) is 6.17 Å². The summed E-state index contributed by atoms with van der Waals surface area (Å²) in [5.74, 6) is -1.92. The average molecular weight is 237 g/mol. The molecule has 0 spiro atoms. The molecule has 1 aliphatic heterocycles. The number of hydrogen-bond donors (Lipinski definition) is 0. The van der Waals surface area contributed by atoms with E-state index in [1.165, 1.54) is 0 Å². The molecule has 1 nitrogen and oxygen atoms in total. The van der Waals surface area contributed by atoms with Crippen molar-refractivity contribution in [2.75, 3.05) is 7.05 Å². The zero-order valence-corrected chi connectivity index (χ0v) is 9.26. The van der Waals surface area contributed by atoms with Crippen molar-refractivity contribution in [3.05, 3.63) is 11.8 Å². The van der Waals surface area contributed by atoms with Gasteiger partial charge in [0.25, 0.3) is 0 Å². The highest BCUT2D eigenvalue weighted by molar-refractivity contribution is 5.17. The number of nitrogens with zero attached hydrogens (tertiary/aromatic N) is 1. The first-order chi connectivity index (χ1) is 7.30. The quantitative estimate of drug-likeness (QED) is 0.585. The van der Waals surface area contributed by atoms with Crippen molar-refractivity contribution in [2.45, 2.75) is 38.2 Å². The van der Waals surface area contributed by atoms with Crippen LogP contribution in [-0.2, 0) is 0 Å². The highest BCUT2D eigenvalue weighted by atomic mass is 19.4. The van der Waals surface area contributed by atoms with Gasteiger partial charge >= 0.3 is 6.18 Å². The Kier molecular flexibility index (Phi) is 2.67. The summed E-state index contributed by atoms with van der Waals surface area (Å²) in [6.07, 6.45) is -4.46. The minimum atomic E-state index is -4.41. The van der Waals surface area contributed by atoms with E-state index in [0.29, 0.717) is 0 Å². The minimum Gasteiger partial charge on any atom is -0.377 e. The van der Waals surface area contributed by atoms with E-state index in [4.69, 9.17) is 0 Å². The lowest BCUT2D eigenvalue weighted by molar-refractivity contribution is -0.203. The van der Waals surface area contributed by atoms with Gasteiger partial charge < -0.3 is 4.90 Å². The summed E-state index contributed by atoms with van der Waals surface area (Å²) >= 11 is 0. The fourth-order valence-electron chi connectivity index (χ4n) is 2.93. The van der Waals surface area contributed by atoms with E-state index in [0.717, 1.165) is 5.57 Å². The fourth-order valence-corrected chi connectivity index (χ4v) is 2.93. The Morgan fingerprint density at radius 3 is 2.50 bits per heavy atom. The molecule has 0 bridgehead atoms. The molecular formula is C11H15F4N. The molecule has 0 saturated heterocycles. The van der Waals surface area contributed by atoms with Crippen molar-refractivity contribution < 1.29 is 17.6 Å². The molecule has 0 radical (unpaired) electrons. The van der Waals surface area contributed by atoms with Gasteiger partial charge in [-0.3, -0.25) is 0 Å². The second-order valence-corrected chi connectivity index (χ2v) is 4.85. The van der Waals surface area contributed by atoms with Gasteiger partial charge in [-0.25, -0.2) is 4.39 Å². The van der Waals surface area contributed by atoms with Crippen LogP contribution in [0.15, 0.2) is 11.8 Å². The lowest BCUT2D eigenvalue weighted by Gasteiger charge is -2.38. The van der Waals surface area contributed by atoms with Gasteiger partial charge in [-0.1, -0.05) is 5.57 Å². The second kappa shape index (κ2) is 3.64. The number of alkyl halides is 4. The summed E-state index contributed by atoms with van der Waals surface area (Å²) in [5.41, 5.74) is 0.939. The van der Waals surface area contributed by atoms with Gasteiger partial charge in [-0.05, 0) is 19.5 Å². The Labute approximate surface area is 92.1 Å². The normalized spacial score (nSPS) is 39.6. The van der Waals surface area contributed by atoms with Crippen LogP contribution >= 0.6 is 0 Å². The molecule has 0 aromatic rings. The Hall–Kier alpha value is -0.740. The molecule has 1 heterocycles. The molecule has 4 atom stereocenters. The molecule has 0 N–H and O–H groups in total. The number of hydrogen-bond acceptors (Lipinski definition) is 1. The van der Waals surface area contributed by atoms with E-state index >= 15 is 0 Å². The van der Waals surface area contributed by atoms with Crippen LogP contribution in [0.3, 0.4) is 0 Å². The van der Waals surface area contributed by atoms with E-state index in [1.54, 1.807) is 7.05 Å². The summed E-state index contributed by atoms with van der Waals surface area (Å²) in [6, 6.07) is -0.0893. The third-order valence-electron chi connectivity index (χ3n) is 3.81. The lowest BCUT2D eigenvalue weighted by atomic mass is 9.75. The van der Waals surface area contributed by atoms with Crippen LogP contribution < -0.4 is 0 Å². The molecule has 1 saturated carbocycles. The molecule has 1 aliphatic carbocycles. The third-order valence-corrected chi connectivity index (χ3v) is 3.81. The van der Waals surface area contributed by atoms with Crippen molar-refractivity contribution in [3.8, 4) is 0 Å². The van der Waals surface area contributed by atoms with Gasteiger partial charge in [0.05, 0.1) is 5.92 Å². The van der Waals surface area contributed by atoms with E-state index in [-0.39, 0.29) is 24.8 Å². The Morgan fingerprint density at radius 2 is 1.94 bits per heavy atom. The highest BCUT2D eigenvalue weighted by Gasteiger charge is 2.52. The Morgan fingerprint density at radius 1 is 1.31 bits per heavy atom. The van der Waals surface area contributed by atoms with Gasteiger partial charge in [-0.2, -0.15) is 13.2 Å². The molecule has 0 aromatic carbocycles. The SMILES string of the molecule is CC1=CN(C)C2CC(F)C(C(F)(F)F)CC12. The van der Waals surface area contributed by atoms with E-state index in [1.807, 2.05) is 18.0 Å². The zero-order chi connectivity index (χ0) is 12.1. The third kappa shape index (κ3) is 1.80. The molecule has 16 heavy (non-hydrogen) atoms. The van der Waals surface area contributed by atoms with Crippen molar-refractivity contribution in [1.82, 2.24) is 4.90 Å². The molecule has 4 unspecified atom stereocenters. The Bertz CT molecular complexity index is 310. The van der Waals surface area contributed by atoms with Crippen molar-refractivity contribution in [3.63, 3.8) is 0 Å². The molecule has 5 heteroatoms. The molecular weight excluding hydrogens is 222 g/mol. The van der Waals surface area contributed by atoms with Crippen molar-refractivity contribution in [2.24, 2.45) is 11.8 Å². The van der Waals surface area contributed by atoms with Crippen LogP contribution in [-0.4, -0.2) is 30.3 Å². The van der Waals surface area contributed by atoms with Crippen molar-refractivity contribution >= 4 is 0 Å². The molecule has 0 aromatic heterocycles. The van der Waals surface area contributed by atoms with Gasteiger partial charge in [-0.15, -0.1) is 0 Å². The van der Waals surface area contributed by atoms with Crippen LogP contribution in [0.1, 0.15) is 19.8 Å². The van der Waals surface area contributed by atoms with Crippen LogP contribution in [0.2, 0.25) is 0 Å². The number of rotatable bonds is 0. The highest BCUT2D eigenvalue weighted by Crippen LogP contribution is 2.47. The van der Waals surface area contributed by atoms with Crippen LogP contribution in [0.5, 0.6) is 0 Å². The van der Waals surface area contributed by atoms with Crippen LogP contribution in [0.4, 0.5) is 17.6 Å². The van der Waals surface area contributed by atoms with E-state index in [9.17, 15) is 17.6 Å². The van der Waals surface area contributed by atoms with Crippen LogP contribution in [0, 0.1) is 11.8 Å². The van der Waals surface area contributed by atoms with Gasteiger partial charge in [0.15, 0.2) is 0 Å². The maximum atomic E-state index is 13.5. The molecule has 92 valence electrons. The van der Waals surface area contributed by atoms with Crippen molar-refractivity contribution in [1.29, 1.82) is 0 Å². The Balaban J connectivity index is 2.17. The molecule has 2 rings (SSSR count). The molecule has 2 aliphatic rings. The smallest absolute Gasteiger partial charge is 0.377 e. The summed E-state index contributed by atoms with van der Waals surface area (Å²) in [7, 11) is 1.80. The van der Waals surface area contributed by atoms with Crippen LogP contribution in [0.25, 0.3) is 0 Å². The maximum Gasteiger partial charge on any atom is 0.394 e. The standard InChI is InChI=1S/C11H15F4N/c1-6-5-16(2)10-4-9(12)8(3-7(6)10)11(13,14)15/h5,7-10H,3-4H2,1-2H3.